The number of nitrogens with zero attached hydrogens (tertiary/aromatic N) is 3. The zero-order valence-corrected chi connectivity index (χ0v) is 12.7. The third-order valence-electron chi connectivity index (χ3n) is 4.24. The number of pyridine rings is 1. The molecule has 3 aromatic rings. The number of aromatic hydroxyl groups is 1. The second kappa shape index (κ2) is 5.83. The van der Waals surface area contributed by atoms with Gasteiger partial charge in [0, 0.05) is 6.20 Å². The fourth-order valence-electron chi connectivity index (χ4n) is 3.04. The molecule has 2 aromatic heterocycles. The average Bonchev–Trinajstić information content (AvgIpc) is 2.80. The number of rotatable bonds is 2. The molecule has 5 nitrogen and oxygen atoms in total. The minimum absolute atomic E-state index is 0.0952. The predicted molar refractivity (Wildman–Crippen MR) is 86.8 cm³/mol. The molecular weight excluding hydrogens is 290 g/mol. The molecule has 116 valence electrons. The number of hydrogen-bond donors (Lipinski definition) is 1. The van der Waals surface area contributed by atoms with Crippen LogP contribution in [0.4, 0.5) is 0 Å². The Bertz CT molecular complexity index is 864. The van der Waals surface area contributed by atoms with E-state index >= 15 is 0 Å². The quantitative estimate of drug-likeness (QED) is 0.729. The Hall–Kier alpha value is -2.69. The molecule has 0 atom stereocenters. The summed E-state index contributed by atoms with van der Waals surface area (Å²) in [5.74, 6) is 0.607. The summed E-state index contributed by atoms with van der Waals surface area (Å²) in [6.07, 6.45) is 9.14. The largest absolute Gasteiger partial charge is 0.493 e. The summed E-state index contributed by atoms with van der Waals surface area (Å²) in [6, 6.07) is 7.94. The molecule has 2 heterocycles. The van der Waals surface area contributed by atoms with Gasteiger partial charge < -0.3 is 9.84 Å². The fourth-order valence-corrected chi connectivity index (χ4v) is 3.04. The van der Waals surface area contributed by atoms with Gasteiger partial charge >= 0.3 is 6.01 Å². The standard InChI is InChI=1S/C18H17N3O2/c22-17-15-8-9-19-11-16(15)20-18(21-17)23-14-7-6-12-4-2-1-3-5-13(12)10-14/h6-11H,1-5H2,(H,20,21,22). The lowest BCUT2D eigenvalue weighted by Crippen LogP contribution is -1.96. The molecular formula is C18H17N3O2. The maximum atomic E-state index is 10.0. The summed E-state index contributed by atoms with van der Waals surface area (Å²) in [4.78, 5) is 12.3. The predicted octanol–water partition coefficient (Wildman–Crippen LogP) is 3.79. The Morgan fingerprint density at radius 2 is 1.83 bits per heavy atom. The van der Waals surface area contributed by atoms with E-state index in [2.05, 4.69) is 27.1 Å². The maximum Gasteiger partial charge on any atom is 0.325 e. The Kier molecular flexibility index (Phi) is 3.54. The molecule has 0 radical (unpaired) electrons. The Morgan fingerprint density at radius 3 is 2.74 bits per heavy atom. The lowest BCUT2D eigenvalue weighted by atomic mass is 10.0. The third kappa shape index (κ3) is 2.82. The molecule has 0 spiro atoms. The van der Waals surface area contributed by atoms with Gasteiger partial charge in [-0.3, -0.25) is 4.98 Å². The first-order valence-corrected chi connectivity index (χ1v) is 7.90. The van der Waals surface area contributed by atoms with E-state index in [1.54, 1.807) is 18.5 Å². The van der Waals surface area contributed by atoms with Crippen molar-refractivity contribution in [3.05, 3.63) is 47.8 Å². The smallest absolute Gasteiger partial charge is 0.325 e. The van der Waals surface area contributed by atoms with E-state index in [0.29, 0.717) is 16.7 Å². The number of aromatic nitrogens is 3. The van der Waals surface area contributed by atoms with Gasteiger partial charge in [0.25, 0.3) is 0 Å². The van der Waals surface area contributed by atoms with E-state index in [4.69, 9.17) is 4.74 Å². The summed E-state index contributed by atoms with van der Waals surface area (Å²) in [6.45, 7) is 0. The highest BCUT2D eigenvalue weighted by Gasteiger charge is 2.12. The Morgan fingerprint density at radius 1 is 0.957 bits per heavy atom. The second-order valence-electron chi connectivity index (χ2n) is 5.82. The van der Waals surface area contributed by atoms with E-state index in [-0.39, 0.29) is 11.9 Å². The summed E-state index contributed by atoms with van der Waals surface area (Å²) in [5.41, 5.74) is 3.30. The highest BCUT2D eigenvalue weighted by atomic mass is 16.5. The first-order chi connectivity index (χ1) is 11.3. The minimum atomic E-state index is -0.0952. The zero-order valence-electron chi connectivity index (χ0n) is 12.7. The van der Waals surface area contributed by atoms with Crippen molar-refractivity contribution in [2.75, 3.05) is 0 Å². The van der Waals surface area contributed by atoms with Crippen molar-refractivity contribution >= 4 is 10.9 Å². The lowest BCUT2D eigenvalue weighted by Gasteiger charge is -2.10. The number of fused-ring (bicyclic) bond motifs is 2. The van der Waals surface area contributed by atoms with Crippen LogP contribution in [0.25, 0.3) is 10.9 Å². The normalized spacial score (nSPS) is 14.3. The van der Waals surface area contributed by atoms with Gasteiger partial charge in [-0.2, -0.15) is 9.97 Å². The molecule has 0 unspecified atom stereocenters. The SMILES string of the molecule is Oc1nc(Oc2ccc3c(c2)CCCCC3)nc2cnccc12. The van der Waals surface area contributed by atoms with Crippen molar-refractivity contribution in [2.45, 2.75) is 32.1 Å². The van der Waals surface area contributed by atoms with Gasteiger partial charge in [-0.05, 0) is 55.0 Å². The summed E-state index contributed by atoms with van der Waals surface area (Å²) < 4.78 is 5.76. The van der Waals surface area contributed by atoms with Crippen LogP contribution < -0.4 is 4.74 Å². The molecule has 0 bridgehead atoms. The highest BCUT2D eigenvalue weighted by molar-refractivity contribution is 5.82. The number of hydrogen-bond acceptors (Lipinski definition) is 5. The number of ether oxygens (including phenoxy) is 1. The molecule has 1 aliphatic carbocycles. The molecule has 0 fully saturated rings. The average molecular weight is 307 g/mol. The van der Waals surface area contributed by atoms with Crippen LogP contribution in [0.3, 0.4) is 0 Å². The zero-order chi connectivity index (χ0) is 15.6. The minimum Gasteiger partial charge on any atom is -0.493 e. The maximum absolute atomic E-state index is 10.0. The lowest BCUT2D eigenvalue weighted by molar-refractivity contribution is 0.411. The van der Waals surface area contributed by atoms with E-state index in [9.17, 15) is 5.11 Å². The molecule has 0 aliphatic heterocycles. The fraction of sp³-hybridized carbons (Fsp3) is 0.278. The first-order valence-electron chi connectivity index (χ1n) is 7.90. The molecule has 0 amide bonds. The van der Waals surface area contributed by atoms with Crippen molar-refractivity contribution in [2.24, 2.45) is 0 Å². The molecule has 1 N–H and O–H groups in total. The van der Waals surface area contributed by atoms with Gasteiger partial charge in [0.2, 0.25) is 5.88 Å². The molecule has 1 aliphatic rings. The van der Waals surface area contributed by atoms with Crippen LogP contribution >= 0.6 is 0 Å². The van der Waals surface area contributed by atoms with Crippen LogP contribution in [-0.4, -0.2) is 20.1 Å². The van der Waals surface area contributed by atoms with Crippen LogP contribution in [0, 0.1) is 0 Å². The van der Waals surface area contributed by atoms with E-state index in [1.807, 2.05) is 6.07 Å². The van der Waals surface area contributed by atoms with Crippen molar-refractivity contribution in [3.8, 4) is 17.6 Å². The summed E-state index contributed by atoms with van der Waals surface area (Å²) >= 11 is 0. The van der Waals surface area contributed by atoms with Crippen molar-refractivity contribution in [1.29, 1.82) is 0 Å². The highest BCUT2D eigenvalue weighted by Crippen LogP contribution is 2.29. The molecule has 1 aromatic carbocycles. The monoisotopic (exact) mass is 307 g/mol. The van der Waals surface area contributed by atoms with E-state index < -0.39 is 0 Å². The van der Waals surface area contributed by atoms with E-state index in [0.717, 1.165) is 12.8 Å². The van der Waals surface area contributed by atoms with E-state index in [1.165, 1.54) is 30.4 Å². The van der Waals surface area contributed by atoms with Gasteiger partial charge in [0.15, 0.2) is 0 Å². The molecule has 0 saturated carbocycles. The van der Waals surface area contributed by atoms with Crippen molar-refractivity contribution in [1.82, 2.24) is 15.0 Å². The molecule has 4 rings (SSSR count). The molecule has 23 heavy (non-hydrogen) atoms. The van der Waals surface area contributed by atoms with Crippen LogP contribution in [-0.2, 0) is 12.8 Å². The summed E-state index contributed by atoms with van der Waals surface area (Å²) in [7, 11) is 0. The molecule has 5 heteroatoms. The third-order valence-corrected chi connectivity index (χ3v) is 4.24. The first kappa shape index (κ1) is 13.9. The second-order valence-corrected chi connectivity index (χ2v) is 5.82. The van der Waals surface area contributed by atoms with Crippen LogP contribution in [0.2, 0.25) is 0 Å². The van der Waals surface area contributed by atoms with Crippen molar-refractivity contribution in [3.63, 3.8) is 0 Å². The Balaban J connectivity index is 1.66. The van der Waals surface area contributed by atoms with Gasteiger partial charge in [-0.1, -0.05) is 12.5 Å². The number of aryl methyl sites for hydroxylation is 2. The Labute approximate surface area is 134 Å². The van der Waals surface area contributed by atoms with Gasteiger partial charge in [0.05, 0.1) is 17.1 Å². The van der Waals surface area contributed by atoms with Gasteiger partial charge in [-0.25, -0.2) is 0 Å². The van der Waals surface area contributed by atoms with Crippen LogP contribution in [0.1, 0.15) is 30.4 Å². The van der Waals surface area contributed by atoms with Crippen molar-refractivity contribution < 1.29 is 9.84 Å². The van der Waals surface area contributed by atoms with Gasteiger partial charge in [0.1, 0.15) is 5.75 Å². The topological polar surface area (TPSA) is 68.1 Å². The van der Waals surface area contributed by atoms with Gasteiger partial charge in [-0.15, -0.1) is 0 Å². The molecule has 0 saturated heterocycles. The summed E-state index contributed by atoms with van der Waals surface area (Å²) in [5, 5.41) is 10.6. The van der Waals surface area contributed by atoms with Crippen LogP contribution in [0.5, 0.6) is 17.6 Å². The number of benzene rings is 1. The van der Waals surface area contributed by atoms with Crippen LogP contribution in [0.15, 0.2) is 36.7 Å².